The zero-order valence-electron chi connectivity index (χ0n) is 24.4. The molecular weight excluding hydrogens is 574 g/mol. The molecule has 1 saturated carbocycles. The van der Waals surface area contributed by atoms with Gasteiger partial charge in [0.15, 0.2) is 17.4 Å². The van der Waals surface area contributed by atoms with Gasteiger partial charge in [0.05, 0.1) is 11.6 Å². The van der Waals surface area contributed by atoms with E-state index >= 15 is 0 Å². The number of amides is 2. The molecule has 0 bridgehead atoms. The molecule has 2 aliphatic rings. The van der Waals surface area contributed by atoms with Gasteiger partial charge in [0.25, 0.3) is 0 Å². The van der Waals surface area contributed by atoms with E-state index in [1.54, 1.807) is 7.11 Å². The third-order valence-electron chi connectivity index (χ3n) is 6.57. The maximum absolute atomic E-state index is 13.6. The summed E-state index contributed by atoms with van der Waals surface area (Å²) in [5.74, 6) is -11.2. The first-order valence-electron chi connectivity index (χ1n) is 13.4. The second-order valence-electron chi connectivity index (χ2n) is 11.3. The van der Waals surface area contributed by atoms with Gasteiger partial charge in [0.1, 0.15) is 19.0 Å². The summed E-state index contributed by atoms with van der Waals surface area (Å²) in [6, 6.07) is -1.13. The number of methoxy groups -OCH3 is 1. The Labute approximate surface area is 241 Å². The molecule has 1 aromatic carbocycles. The molecule has 0 radical (unpaired) electrons. The maximum atomic E-state index is 13.6. The lowest BCUT2D eigenvalue weighted by molar-refractivity contribution is -0.130. The van der Waals surface area contributed by atoms with Crippen molar-refractivity contribution in [3.63, 3.8) is 0 Å². The third-order valence-corrected chi connectivity index (χ3v) is 6.57. The molecule has 8 nitrogen and oxygen atoms in total. The third kappa shape index (κ3) is 12.6. The summed E-state index contributed by atoms with van der Waals surface area (Å²) in [5.41, 5.74) is 0.0417. The Hall–Kier alpha value is -2.87. The van der Waals surface area contributed by atoms with E-state index in [-0.39, 0.29) is 36.8 Å². The number of benzene rings is 1. The Balaban J connectivity index is 0.000000556. The van der Waals surface area contributed by atoms with Gasteiger partial charge in [-0.15, -0.1) is 0 Å². The topological polar surface area (TPSA) is 105 Å². The number of nitrogens with one attached hydrogen (secondary N) is 1. The second-order valence-corrected chi connectivity index (χ2v) is 11.3. The van der Waals surface area contributed by atoms with E-state index in [1.165, 1.54) is 4.90 Å². The molecule has 240 valence electrons. The number of aliphatic hydroxyl groups is 1. The minimum absolute atomic E-state index is 0.0132. The predicted octanol–water partition coefficient (Wildman–Crippen LogP) is 4.41. The predicted molar refractivity (Wildman–Crippen MR) is 141 cm³/mol. The highest BCUT2D eigenvalue weighted by atomic mass is 19.3. The summed E-state index contributed by atoms with van der Waals surface area (Å²) in [4.78, 5) is 35.4. The fourth-order valence-corrected chi connectivity index (χ4v) is 3.91. The van der Waals surface area contributed by atoms with Crippen molar-refractivity contribution in [3.05, 3.63) is 29.3 Å². The lowest BCUT2D eigenvalue weighted by Gasteiger charge is -2.31. The van der Waals surface area contributed by atoms with E-state index in [0.717, 1.165) is 0 Å². The first-order valence-corrected chi connectivity index (χ1v) is 13.4. The highest BCUT2D eigenvalue weighted by molar-refractivity contribution is 5.79. The molecule has 1 aliphatic heterocycles. The first-order chi connectivity index (χ1) is 19.4. The number of hydrogen-bond donors (Lipinski definition) is 2. The van der Waals surface area contributed by atoms with Gasteiger partial charge in [0, 0.05) is 51.4 Å². The van der Waals surface area contributed by atoms with Crippen LogP contribution in [0.2, 0.25) is 0 Å². The molecular formula is C28H40F6N2O6. The van der Waals surface area contributed by atoms with Crippen LogP contribution >= 0.6 is 0 Å². The number of hydrogen-bond acceptors (Lipinski definition) is 6. The number of carbonyl (C=O) groups is 3. The number of aldehydes is 1. The summed E-state index contributed by atoms with van der Waals surface area (Å²) in [7, 11) is 1.71. The van der Waals surface area contributed by atoms with E-state index in [2.05, 4.69) is 10.1 Å². The van der Waals surface area contributed by atoms with Crippen LogP contribution in [0.3, 0.4) is 0 Å². The Kier molecular flexibility index (Phi) is 14.8. The molecule has 0 aromatic heterocycles. The first kappa shape index (κ1) is 37.2. The van der Waals surface area contributed by atoms with Crippen LogP contribution in [-0.4, -0.2) is 79.1 Å². The lowest BCUT2D eigenvalue weighted by Crippen LogP contribution is -2.49. The van der Waals surface area contributed by atoms with E-state index in [0.29, 0.717) is 38.6 Å². The summed E-state index contributed by atoms with van der Waals surface area (Å²) in [6.07, 6.45) is 0.175. The van der Waals surface area contributed by atoms with Gasteiger partial charge in [-0.3, -0.25) is 9.59 Å². The standard InChI is InChI=1S/C18H20F4N2O5.C5H8F2.C5H12O/c19-11-7-12(20)16(22)17(15(11)21)29-8-14(27)13(3-6-25)23-18(28)10-1-4-24(9-26)5-2-10;1-4-2-5(6,7)3-4;1-5(2,3)6-4/h6-7,9-10,13-14,27H,1-5,8H2,(H,23,28);4H,2-3H2,1H3;1-4H3. The molecule has 42 heavy (non-hydrogen) atoms. The Bertz CT molecular complexity index is 997. The molecule has 3 rings (SSSR count). The highest BCUT2D eigenvalue weighted by Crippen LogP contribution is 2.41. The van der Waals surface area contributed by atoms with Gasteiger partial charge < -0.3 is 29.6 Å². The fourth-order valence-electron chi connectivity index (χ4n) is 3.91. The molecule has 2 unspecified atom stereocenters. The number of piperidine rings is 1. The van der Waals surface area contributed by atoms with Crippen molar-refractivity contribution in [3.8, 4) is 5.75 Å². The highest BCUT2D eigenvalue weighted by Gasteiger charge is 2.42. The van der Waals surface area contributed by atoms with Crippen molar-refractivity contribution in [1.82, 2.24) is 10.2 Å². The molecule has 2 atom stereocenters. The normalized spacial score (nSPS) is 18.2. The Morgan fingerprint density at radius 1 is 1.12 bits per heavy atom. The minimum atomic E-state index is -2.31. The summed E-state index contributed by atoms with van der Waals surface area (Å²) < 4.78 is 86.8. The van der Waals surface area contributed by atoms with Crippen molar-refractivity contribution >= 4 is 18.6 Å². The molecule has 1 aliphatic carbocycles. The number of alkyl halides is 2. The van der Waals surface area contributed by atoms with Crippen molar-refractivity contribution in [1.29, 1.82) is 0 Å². The number of halogens is 6. The molecule has 14 heteroatoms. The molecule has 1 heterocycles. The lowest BCUT2D eigenvalue weighted by atomic mass is 9.83. The molecule has 0 spiro atoms. The average molecular weight is 615 g/mol. The van der Waals surface area contributed by atoms with E-state index in [1.807, 2.05) is 27.7 Å². The molecule has 1 aromatic rings. The van der Waals surface area contributed by atoms with Gasteiger partial charge >= 0.3 is 0 Å². The van der Waals surface area contributed by atoms with Crippen LogP contribution in [0.5, 0.6) is 5.75 Å². The van der Waals surface area contributed by atoms with Crippen molar-refractivity contribution < 1.29 is 55.3 Å². The molecule has 2 fully saturated rings. The second kappa shape index (κ2) is 16.7. The molecule has 2 N–H and O–H groups in total. The molecule has 2 amide bonds. The zero-order chi connectivity index (χ0) is 32.3. The van der Waals surface area contributed by atoms with Gasteiger partial charge in [-0.2, -0.15) is 8.78 Å². The summed E-state index contributed by atoms with van der Waals surface area (Å²) in [5, 5.41) is 12.6. The van der Waals surface area contributed by atoms with Gasteiger partial charge in [0.2, 0.25) is 29.9 Å². The number of likely N-dealkylation sites (tertiary alicyclic amines) is 1. The van der Waals surface area contributed by atoms with Crippen LogP contribution < -0.4 is 10.1 Å². The van der Waals surface area contributed by atoms with Crippen molar-refractivity contribution in [2.24, 2.45) is 11.8 Å². The number of ether oxygens (including phenoxy) is 2. The Morgan fingerprint density at radius 2 is 1.62 bits per heavy atom. The van der Waals surface area contributed by atoms with Crippen LogP contribution in [0.1, 0.15) is 59.8 Å². The fraction of sp³-hybridized carbons (Fsp3) is 0.679. The maximum Gasteiger partial charge on any atom is 0.248 e. The van der Waals surface area contributed by atoms with E-state index in [4.69, 9.17) is 4.74 Å². The van der Waals surface area contributed by atoms with E-state index in [9.17, 15) is 45.8 Å². The number of aliphatic hydroxyl groups excluding tert-OH is 1. The van der Waals surface area contributed by atoms with Gasteiger partial charge in [-0.1, -0.05) is 6.92 Å². The largest absolute Gasteiger partial charge is 0.485 e. The molecule has 1 saturated heterocycles. The van der Waals surface area contributed by atoms with Crippen molar-refractivity contribution in [2.45, 2.75) is 83.5 Å². The number of carbonyl (C=O) groups excluding carboxylic acids is 3. The Morgan fingerprint density at radius 3 is 1.98 bits per heavy atom. The minimum Gasteiger partial charge on any atom is -0.485 e. The van der Waals surface area contributed by atoms with Crippen LogP contribution in [0.15, 0.2) is 6.07 Å². The van der Waals surface area contributed by atoms with Crippen LogP contribution in [0.25, 0.3) is 0 Å². The zero-order valence-corrected chi connectivity index (χ0v) is 24.4. The van der Waals surface area contributed by atoms with E-state index < -0.39 is 65.5 Å². The van der Waals surface area contributed by atoms with Crippen molar-refractivity contribution in [2.75, 3.05) is 26.8 Å². The average Bonchev–Trinajstić information content (AvgIpc) is 2.91. The smallest absolute Gasteiger partial charge is 0.248 e. The van der Waals surface area contributed by atoms with Crippen LogP contribution in [-0.2, 0) is 19.1 Å². The van der Waals surface area contributed by atoms with Crippen LogP contribution in [0.4, 0.5) is 26.3 Å². The monoisotopic (exact) mass is 614 g/mol. The van der Waals surface area contributed by atoms with Gasteiger partial charge in [-0.25, -0.2) is 17.6 Å². The van der Waals surface area contributed by atoms with Crippen LogP contribution in [0, 0.1) is 35.1 Å². The summed E-state index contributed by atoms with van der Waals surface area (Å²) >= 11 is 0. The summed E-state index contributed by atoms with van der Waals surface area (Å²) in [6.45, 7) is 7.84. The number of nitrogens with zero attached hydrogens (tertiary/aromatic N) is 1. The van der Waals surface area contributed by atoms with Gasteiger partial charge in [-0.05, 0) is 39.5 Å². The quantitative estimate of drug-likeness (QED) is 0.243. The SMILES string of the molecule is CC1CC(F)(F)C1.COC(C)(C)C.O=CCC(NC(=O)C1CCN(C=O)CC1)C(O)COc1c(F)c(F)cc(F)c1F. The number of rotatable bonds is 9.